The zero-order valence-corrected chi connectivity index (χ0v) is 7.69. The van der Waals surface area contributed by atoms with E-state index in [4.69, 9.17) is 11.6 Å². The third kappa shape index (κ3) is 2.48. The summed E-state index contributed by atoms with van der Waals surface area (Å²) in [5.74, 6) is -0.0508. The molecular weight excluding hydrogens is 217 g/mol. The molecule has 0 aromatic heterocycles. The van der Waals surface area contributed by atoms with Crippen molar-refractivity contribution in [2.75, 3.05) is 0 Å². The summed E-state index contributed by atoms with van der Waals surface area (Å²) in [6.45, 7) is 0. The van der Waals surface area contributed by atoms with E-state index in [0.717, 1.165) is 12.1 Å². The van der Waals surface area contributed by atoms with E-state index >= 15 is 0 Å². The maximum Gasteiger partial charge on any atom is 0.416 e. The number of hydrogen-bond acceptors (Lipinski definition) is 1. The molecule has 76 valence electrons. The van der Waals surface area contributed by atoms with Crippen LogP contribution in [0.15, 0.2) is 18.2 Å². The number of halogens is 4. The van der Waals surface area contributed by atoms with Gasteiger partial charge in [0.1, 0.15) is 6.29 Å². The summed E-state index contributed by atoms with van der Waals surface area (Å²) in [6, 6.07) is 3.05. The van der Waals surface area contributed by atoms with Gasteiger partial charge < -0.3 is 0 Å². The van der Waals surface area contributed by atoms with Gasteiger partial charge >= 0.3 is 6.18 Å². The van der Waals surface area contributed by atoms with Crippen molar-refractivity contribution in [3.05, 3.63) is 34.9 Å². The SMILES string of the molecule is O=Cc1cc(CCl)cc(C(F)(F)F)c1. The molecule has 1 aromatic rings. The highest BCUT2D eigenvalue weighted by molar-refractivity contribution is 6.17. The lowest BCUT2D eigenvalue weighted by Crippen LogP contribution is -2.06. The third-order valence-electron chi connectivity index (χ3n) is 1.63. The molecule has 0 aliphatic heterocycles. The Balaban J connectivity index is 3.24. The number of aldehydes is 1. The minimum atomic E-state index is -4.44. The van der Waals surface area contributed by atoms with Gasteiger partial charge in [-0.3, -0.25) is 4.79 Å². The first-order chi connectivity index (χ1) is 6.47. The van der Waals surface area contributed by atoms with E-state index in [-0.39, 0.29) is 17.0 Å². The Bertz CT molecular complexity index is 346. The van der Waals surface area contributed by atoms with Crippen LogP contribution in [0.2, 0.25) is 0 Å². The van der Waals surface area contributed by atoms with Crippen molar-refractivity contribution in [3.8, 4) is 0 Å². The van der Waals surface area contributed by atoms with Crippen molar-refractivity contribution < 1.29 is 18.0 Å². The van der Waals surface area contributed by atoms with Gasteiger partial charge in [-0.25, -0.2) is 0 Å². The Morgan fingerprint density at radius 1 is 1.29 bits per heavy atom. The maximum atomic E-state index is 12.3. The van der Waals surface area contributed by atoms with Crippen LogP contribution in [-0.2, 0) is 12.1 Å². The predicted molar refractivity (Wildman–Crippen MR) is 46.4 cm³/mol. The number of benzene rings is 1. The fourth-order valence-electron chi connectivity index (χ4n) is 1.03. The van der Waals surface area contributed by atoms with E-state index < -0.39 is 11.7 Å². The summed E-state index contributed by atoms with van der Waals surface area (Å²) < 4.78 is 36.8. The van der Waals surface area contributed by atoms with E-state index in [1.165, 1.54) is 6.07 Å². The van der Waals surface area contributed by atoms with E-state index in [2.05, 4.69) is 0 Å². The molecule has 0 spiro atoms. The lowest BCUT2D eigenvalue weighted by Gasteiger charge is -2.08. The third-order valence-corrected chi connectivity index (χ3v) is 1.94. The highest BCUT2D eigenvalue weighted by Gasteiger charge is 2.30. The molecule has 1 aromatic carbocycles. The Kier molecular flexibility index (Phi) is 3.16. The second kappa shape index (κ2) is 4.00. The Morgan fingerprint density at radius 2 is 1.93 bits per heavy atom. The van der Waals surface area contributed by atoms with Gasteiger partial charge in [0.05, 0.1) is 5.56 Å². The first-order valence-corrected chi connectivity index (χ1v) is 4.23. The molecule has 0 radical (unpaired) electrons. The van der Waals surface area contributed by atoms with Gasteiger partial charge in [-0.05, 0) is 23.8 Å². The molecule has 14 heavy (non-hydrogen) atoms. The van der Waals surface area contributed by atoms with Crippen molar-refractivity contribution in [1.82, 2.24) is 0 Å². The predicted octanol–water partition coefficient (Wildman–Crippen LogP) is 3.26. The first kappa shape index (κ1) is 11.0. The number of carbonyl (C=O) groups is 1. The summed E-state index contributed by atoms with van der Waals surface area (Å²) in [5.41, 5.74) is -0.586. The van der Waals surface area contributed by atoms with Gasteiger partial charge in [0, 0.05) is 11.4 Å². The van der Waals surface area contributed by atoms with E-state index in [9.17, 15) is 18.0 Å². The second-order valence-corrected chi connectivity index (χ2v) is 2.98. The minimum absolute atomic E-state index is 0.0181. The highest BCUT2D eigenvalue weighted by Crippen LogP contribution is 2.30. The molecule has 0 unspecified atom stereocenters. The molecule has 0 heterocycles. The summed E-state index contributed by atoms with van der Waals surface area (Å²) >= 11 is 5.39. The van der Waals surface area contributed by atoms with Crippen LogP contribution >= 0.6 is 11.6 Å². The largest absolute Gasteiger partial charge is 0.416 e. The Hall–Kier alpha value is -1.03. The van der Waals surface area contributed by atoms with Gasteiger partial charge in [0.25, 0.3) is 0 Å². The maximum absolute atomic E-state index is 12.3. The average molecular weight is 223 g/mol. The van der Waals surface area contributed by atoms with Crippen molar-refractivity contribution >= 4 is 17.9 Å². The summed E-state index contributed by atoms with van der Waals surface area (Å²) in [5, 5.41) is 0. The number of rotatable bonds is 2. The molecule has 0 saturated heterocycles. The molecule has 0 atom stereocenters. The molecule has 0 aliphatic carbocycles. The van der Waals surface area contributed by atoms with Crippen molar-refractivity contribution in [3.63, 3.8) is 0 Å². The summed E-state index contributed by atoms with van der Waals surface area (Å²) in [6.07, 6.45) is -4.08. The van der Waals surface area contributed by atoms with Crippen molar-refractivity contribution in [2.45, 2.75) is 12.1 Å². The van der Waals surface area contributed by atoms with Crippen LogP contribution in [0.25, 0.3) is 0 Å². The second-order valence-electron chi connectivity index (χ2n) is 2.71. The molecule has 1 nitrogen and oxygen atoms in total. The lowest BCUT2D eigenvalue weighted by atomic mass is 10.1. The Morgan fingerprint density at radius 3 is 2.36 bits per heavy atom. The van der Waals surface area contributed by atoms with Gasteiger partial charge in [0.15, 0.2) is 0 Å². The summed E-state index contributed by atoms with van der Waals surface area (Å²) in [4.78, 5) is 10.3. The van der Waals surface area contributed by atoms with Gasteiger partial charge in [-0.2, -0.15) is 13.2 Å². The molecule has 0 aliphatic rings. The Labute approximate surface area is 83.5 Å². The zero-order valence-electron chi connectivity index (χ0n) is 6.94. The van der Waals surface area contributed by atoms with Gasteiger partial charge in [-0.1, -0.05) is 0 Å². The smallest absolute Gasteiger partial charge is 0.298 e. The van der Waals surface area contributed by atoms with Gasteiger partial charge in [-0.15, -0.1) is 11.6 Å². The molecule has 0 N–H and O–H groups in total. The zero-order chi connectivity index (χ0) is 10.8. The van der Waals surface area contributed by atoms with Crippen LogP contribution in [0, 0.1) is 0 Å². The fraction of sp³-hybridized carbons (Fsp3) is 0.222. The fourth-order valence-corrected chi connectivity index (χ4v) is 1.18. The van der Waals surface area contributed by atoms with Crippen LogP contribution in [-0.4, -0.2) is 6.29 Å². The average Bonchev–Trinajstić information content (AvgIpc) is 2.15. The molecular formula is C9H6ClF3O. The van der Waals surface area contributed by atoms with E-state index in [1.54, 1.807) is 0 Å². The molecule has 0 fully saturated rings. The molecule has 0 bridgehead atoms. The van der Waals surface area contributed by atoms with Crippen LogP contribution in [0.5, 0.6) is 0 Å². The van der Waals surface area contributed by atoms with Crippen molar-refractivity contribution in [2.24, 2.45) is 0 Å². The van der Waals surface area contributed by atoms with Gasteiger partial charge in [0.2, 0.25) is 0 Å². The number of alkyl halides is 4. The minimum Gasteiger partial charge on any atom is -0.298 e. The highest BCUT2D eigenvalue weighted by atomic mass is 35.5. The normalized spacial score (nSPS) is 11.4. The van der Waals surface area contributed by atoms with Crippen molar-refractivity contribution in [1.29, 1.82) is 0 Å². The molecule has 1 rings (SSSR count). The molecule has 0 saturated carbocycles. The first-order valence-electron chi connectivity index (χ1n) is 3.69. The molecule has 0 amide bonds. The monoisotopic (exact) mass is 222 g/mol. The topological polar surface area (TPSA) is 17.1 Å². The quantitative estimate of drug-likeness (QED) is 0.555. The van der Waals surface area contributed by atoms with E-state index in [1.807, 2.05) is 0 Å². The molecule has 5 heteroatoms. The van der Waals surface area contributed by atoms with Crippen LogP contribution in [0.4, 0.5) is 13.2 Å². The van der Waals surface area contributed by atoms with Crippen LogP contribution < -0.4 is 0 Å². The van der Waals surface area contributed by atoms with Crippen LogP contribution in [0.3, 0.4) is 0 Å². The number of hydrogen-bond donors (Lipinski definition) is 0. The van der Waals surface area contributed by atoms with Crippen LogP contribution in [0.1, 0.15) is 21.5 Å². The standard InChI is InChI=1S/C9H6ClF3O/c10-4-6-1-7(5-14)3-8(2-6)9(11,12)13/h1-3,5H,4H2. The number of carbonyl (C=O) groups excluding carboxylic acids is 1. The lowest BCUT2D eigenvalue weighted by molar-refractivity contribution is -0.137. The van der Waals surface area contributed by atoms with E-state index in [0.29, 0.717) is 6.29 Å². The summed E-state index contributed by atoms with van der Waals surface area (Å²) in [7, 11) is 0.